The minimum absolute atomic E-state index is 0.00493. The third-order valence-electron chi connectivity index (χ3n) is 2.99. The normalized spacial score (nSPS) is 10.2. The maximum atomic E-state index is 11.7. The number of ketones is 1. The van der Waals surface area contributed by atoms with Crippen LogP contribution >= 0.6 is 0 Å². The van der Waals surface area contributed by atoms with Gasteiger partial charge in [0, 0.05) is 31.3 Å². The van der Waals surface area contributed by atoms with Crippen LogP contribution in [0.4, 0.5) is 10.5 Å². The summed E-state index contributed by atoms with van der Waals surface area (Å²) in [6.45, 7) is 1.96. The lowest BCUT2D eigenvalue weighted by Gasteiger charge is -2.07. The van der Waals surface area contributed by atoms with Gasteiger partial charge >= 0.3 is 6.03 Å². The first-order valence-electron chi connectivity index (χ1n) is 6.55. The van der Waals surface area contributed by atoms with Crippen LogP contribution in [0, 0.1) is 0 Å². The molecule has 110 valence electrons. The van der Waals surface area contributed by atoms with Gasteiger partial charge in [0.25, 0.3) is 0 Å². The van der Waals surface area contributed by atoms with Crippen molar-refractivity contribution in [2.24, 2.45) is 7.05 Å². The molecule has 2 aromatic rings. The average molecular weight is 287 g/mol. The Hall–Kier alpha value is -2.70. The van der Waals surface area contributed by atoms with Crippen LogP contribution < -0.4 is 10.6 Å². The van der Waals surface area contributed by atoms with Gasteiger partial charge in [0.05, 0.1) is 0 Å². The number of Topliss-reactive ketones (excluding diaryl/α,β-unsaturated/α-hetero) is 1. The number of nitrogens with zero attached hydrogens (tertiary/aromatic N) is 3. The summed E-state index contributed by atoms with van der Waals surface area (Å²) in [5, 5.41) is 13.1. The zero-order chi connectivity index (χ0) is 15.2. The van der Waals surface area contributed by atoms with Crippen LogP contribution in [-0.2, 0) is 13.5 Å². The zero-order valence-corrected chi connectivity index (χ0v) is 12.0. The molecule has 2 amide bonds. The van der Waals surface area contributed by atoms with Gasteiger partial charge in [-0.1, -0.05) is 0 Å². The SMILES string of the molecule is CC(=O)c1ccc(NC(=O)NCCc2nncn2C)cc1. The Bertz CT molecular complexity index is 633. The molecule has 7 nitrogen and oxygen atoms in total. The third kappa shape index (κ3) is 4.13. The van der Waals surface area contributed by atoms with Gasteiger partial charge in [-0.25, -0.2) is 4.79 Å². The molecular weight excluding hydrogens is 270 g/mol. The molecule has 0 spiro atoms. The molecule has 1 aromatic heterocycles. The predicted octanol–water partition coefficient (Wildman–Crippen LogP) is 1.38. The molecule has 0 radical (unpaired) electrons. The van der Waals surface area contributed by atoms with Crippen LogP contribution in [-0.4, -0.2) is 33.1 Å². The van der Waals surface area contributed by atoms with Crippen LogP contribution in [0.5, 0.6) is 0 Å². The number of aryl methyl sites for hydroxylation is 1. The number of carbonyl (C=O) groups is 2. The van der Waals surface area contributed by atoms with Gasteiger partial charge in [-0.3, -0.25) is 4.79 Å². The number of urea groups is 1. The first-order valence-corrected chi connectivity index (χ1v) is 6.55. The molecule has 0 aliphatic heterocycles. The van der Waals surface area contributed by atoms with Crippen molar-refractivity contribution < 1.29 is 9.59 Å². The number of benzene rings is 1. The Kier molecular flexibility index (Phi) is 4.65. The molecule has 0 atom stereocenters. The summed E-state index contributed by atoms with van der Waals surface area (Å²) in [4.78, 5) is 22.9. The van der Waals surface area contributed by atoms with E-state index in [-0.39, 0.29) is 11.8 Å². The highest BCUT2D eigenvalue weighted by atomic mass is 16.2. The Balaban J connectivity index is 1.79. The fraction of sp³-hybridized carbons (Fsp3) is 0.286. The number of aromatic nitrogens is 3. The van der Waals surface area contributed by atoms with E-state index in [0.29, 0.717) is 24.2 Å². The lowest BCUT2D eigenvalue weighted by Crippen LogP contribution is -2.30. The monoisotopic (exact) mass is 287 g/mol. The molecule has 0 aliphatic rings. The molecule has 1 heterocycles. The van der Waals surface area contributed by atoms with Crippen molar-refractivity contribution in [2.45, 2.75) is 13.3 Å². The van der Waals surface area contributed by atoms with E-state index in [1.807, 2.05) is 7.05 Å². The van der Waals surface area contributed by atoms with Crippen molar-refractivity contribution in [1.82, 2.24) is 20.1 Å². The number of amides is 2. The van der Waals surface area contributed by atoms with Crippen molar-refractivity contribution in [3.8, 4) is 0 Å². The average Bonchev–Trinajstić information content (AvgIpc) is 2.85. The summed E-state index contributed by atoms with van der Waals surface area (Å²) in [6, 6.07) is 6.44. The molecule has 0 aliphatic carbocycles. The van der Waals surface area contributed by atoms with Gasteiger partial charge in [-0.2, -0.15) is 0 Å². The molecule has 1 aromatic carbocycles. The highest BCUT2D eigenvalue weighted by molar-refractivity contribution is 5.95. The summed E-state index contributed by atoms with van der Waals surface area (Å²) >= 11 is 0. The Labute approximate surface area is 122 Å². The second kappa shape index (κ2) is 6.65. The van der Waals surface area contributed by atoms with Gasteiger partial charge in [-0.05, 0) is 31.2 Å². The largest absolute Gasteiger partial charge is 0.337 e. The Morgan fingerprint density at radius 3 is 2.52 bits per heavy atom. The minimum Gasteiger partial charge on any atom is -0.337 e. The first kappa shape index (κ1) is 14.7. The van der Waals surface area contributed by atoms with Crippen LogP contribution in [0.2, 0.25) is 0 Å². The third-order valence-corrected chi connectivity index (χ3v) is 2.99. The van der Waals surface area contributed by atoms with E-state index in [0.717, 1.165) is 5.82 Å². The molecule has 2 rings (SSSR count). The van der Waals surface area contributed by atoms with Gasteiger partial charge < -0.3 is 15.2 Å². The van der Waals surface area contributed by atoms with E-state index in [1.54, 1.807) is 35.2 Å². The van der Waals surface area contributed by atoms with Crippen LogP contribution in [0.15, 0.2) is 30.6 Å². The van der Waals surface area contributed by atoms with Gasteiger partial charge in [-0.15, -0.1) is 10.2 Å². The maximum Gasteiger partial charge on any atom is 0.319 e. The first-order chi connectivity index (χ1) is 10.1. The molecule has 21 heavy (non-hydrogen) atoms. The van der Waals surface area contributed by atoms with Gasteiger partial charge in [0.1, 0.15) is 12.2 Å². The summed E-state index contributed by atoms with van der Waals surface area (Å²) in [5.41, 5.74) is 1.25. The fourth-order valence-corrected chi connectivity index (χ4v) is 1.78. The molecule has 0 saturated carbocycles. The number of rotatable bonds is 5. The number of hydrogen-bond donors (Lipinski definition) is 2. The van der Waals surface area contributed by atoms with Crippen molar-refractivity contribution in [2.75, 3.05) is 11.9 Å². The fourth-order valence-electron chi connectivity index (χ4n) is 1.78. The second-order valence-corrected chi connectivity index (χ2v) is 4.62. The second-order valence-electron chi connectivity index (χ2n) is 4.62. The van der Waals surface area contributed by atoms with Crippen LogP contribution in [0.1, 0.15) is 23.1 Å². The van der Waals surface area contributed by atoms with Crippen LogP contribution in [0.3, 0.4) is 0 Å². The van der Waals surface area contributed by atoms with Gasteiger partial charge in [0.15, 0.2) is 5.78 Å². The van der Waals surface area contributed by atoms with E-state index >= 15 is 0 Å². The summed E-state index contributed by atoms with van der Waals surface area (Å²) in [5.74, 6) is 0.802. The summed E-state index contributed by atoms with van der Waals surface area (Å²) < 4.78 is 1.81. The smallest absolute Gasteiger partial charge is 0.319 e. The number of nitrogens with one attached hydrogen (secondary N) is 2. The molecule has 0 bridgehead atoms. The van der Waals surface area contributed by atoms with Crippen molar-refractivity contribution in [1.29, 1.82) is 0 Å². The lowest BCUT2D eigenvalue weighted by atomic mass is 10.1. The van der Waals surface area contributed by atoms with Crippen molar-refractivity contribution in [3.05, 3.63) is 42.0 Å². The van der Waals surface area contributed by atoms with Crippen molar-refractivity contribution in [3.63, 3.8) is 0 Å². The minimum atomic E-state index is -0.298. The van der Waals surface area contributed by atoms with Gasteiger partial charge in [0.2, 0.25) is 0 Å². The standard InChI is InChI=1S/C14H17N5O2/c1-10(20)11-3-5-12(6-4-11)17-14(21)15-8-7-13-18-16-9-19(13)2/h3-6,9H,7-8H2,1-2H3,(H2,15,17,21). The quantitative estimate of drug-likeness (QED) is 0.813. The highest BCUT2D eigenvalue weighted by Crippen LogP contribution is 2.09. The maximum absolute atomic E-state index is 11.7. The Morgan fingerprint density at radius 2 is 1.95 bits per heavy atom. The van der Waals surface area contributed by atoms with E-state index in [4.69, 9.17) is 0 Å². The number of anilines is 1. The van der Waals surface area contributed by atoms with Crippen LogP contribution in [0.25, 0.3) is 0 Å². The molecule has 0 fully saturated rings. The zero-order valence-electron chi connectivity index (χ0n) is 12.0. The molecular formula is C14H17N5O2. The van der Waals surface area contributed by atoms with E-state index in [2.05, 4.69) is 20.8 Å². The number of carbonyl (C=O) groups excluding carboxylic acids is 2. The summed E-state index contributed by atoms with van der Waals surface area (Å²) in [6.07, 6.45) is 2.22. The summed E-state index contributed by atoms with van der Waals surface area (Å²) in [7, 11) is 1.85. The molecule has 2 N–H and O–H groups in total. The molecule has 0 saturated heterocycles. The Morgan fingerprint density at radius 1 is 1.24 bits per heavy atom. The molecule has 7 heteroatoms. The molecule has 0 unspecified atom stereocenters. The van der Waals surface area contributed by atoms with Crippen molar-refractivity contribution >= 4 is 17.5 Å². The predicted molar refractivity (Wildman–Crippen MR) is 78.2 cm³/mol. The van der Waals surface area contributed by atoms with E-state index in [1.165, 1.54) is 6.92 Å². The highest BCUT2D eigenvalue weighted by Gasteiger charge is 2.04. The topological polar surface area (TPSA) is 88.9 Å². The van der Waals surface area contributed by atoms with E-state index < -0.39 is 0 Å². The van der Waals surface area contributed by atoms with E-state index in [9.17, 15) is 9.59 Å². The number of hydrogen-bond acceptors (Lipinski definition) is 4. The lowest BCUT2D eigenvalue weighted by molar-refractivity contribution is 0.101.